The van der Waals surface area contributed by atoms with Crippen molar-refractivity contribution < 1.29 is 13.9 Å². The Kier molecular flexibility index (Phi) is 8.66. The van der Waals surface area contributed by atoms with E-state index in [1.165, 1.54) is 12.8 Å². The second kappa shape index (κ2) is 12.3. The van der Waals surface area contributed by atoms with Crippen LogP contribution in [0.2, 0.25) is 0 Å². The first-order valence-corrected chi connectivity index (χ1v) is 12.5. The van der Waals surface area contributed by atoms with Gasteiger partial charge in [0.2, 0.25) is 5.89 Å². The predicted octanol–water partition coefficient (Wildman–Crippen LogP) is 4.87. The van der Waals surface area contributed by atoms with Crippen molar-refractivity contribution in [3.05, 3.63) is 66.7 Å². The fourth-order valence-electron chi connectivity index (χ4n) is 3.63. The van der Waals surface area contributed by atoms with Gasteiger partial charge in [0.1, 0.15) is 5.75 Å². The Morgan fingerprint density at radius 2 is 1.88 bits per heavy atom. The number of amides is 2. The Balaban J connectivity index is 1.16. The highest BCUT2D eigenvalue weighted by atomic mass is 32.2. The Morgan fingerprint density at radius 3 is 2.67 bits per heavy atom. The molecule has 2 amide bonds. The molecule has 7 nitrogen and oxygen atoms in total. The number of likely N-dealkylation sites (tertiary alicyclic amines) is 1. The molecule has 1 aromatic heterocycles. The van der Waals surface area contributed by atoms with Crippen LogP contribution in [0.15, 0.2) is 65.2 Å². The predicted molar refractivity (Wildman–Crippen MR) is 133 cm³/mol. The van der Waals surface area contributed by atoms with Gasteiger partial charge < -0.3 is 24.7 Å². The third-order valence-corrected chi connectivity index (χ3v) is 6.26. The summed E-state index contributed by atoms with van der Waals surface area (Å²) < 4.78 is 11.6. The zero-order valence-corrected chi connectivity index (χ0v) is 19.5. The first-order chi connectivity index (χ1) is 16.3. The summed E-state index contributed by atoms with van der Waals surface area (Å²) >= 11 is 1.72. The van der Waals surface area contributed by atoms with Crippen LogP contribution in [0.5, 0.6) is 5.75 Å². The lowest BCUT2D eigenvalue weighted by molar-refractivity contribution is 0.249. The number of oxazole rings is 1. The number of nitrogens with one attached hydrogen (secondary N) is 2. The molecule has 0 bridgehead atoms. The highest BCUT2D eigenvalue weighted by molar-refractivity contribution is 7.98. The van der Waals surface area contributed by atoms with Crippen LogP contribution < -0.4 is 15.4 Å². The number of carbonyl (C=O) groups is 1. The SMILES string of the molecule is O=C(NCCN1CCCC1)Nc1ccc(-c2cnc(CSCCOc3ccccc3)o2)cc1. The zero-order valence-electron chi connectivity index (χ0n) is 18.7. The molecule has 8 heteroatoms. The normalized spacial score (nSPS) is 13.7. The average molecular weight is 467 g/mol. The lowest BCUT2D eigenvalue weighted by Gasteiger charge is -2.15. The van der Waals surface area contributed by atoms with Crippen LogP contribution >= 0.6 is 11.8 Å². The van der Waals surface area contributed by atoms with E-state index in [9.17, 15) is 4.79 Å². The summed E-state index contributed by atoms with van der Waals surface area (Å²) in [4.78, 5) is 18.8. The summed E-state index contributed by atoms with van der Waals surface area (Å²) in [6.07, 6.45) is 4.26. The maximum Gasteiger partial charge on any atom is 0.319 e. The van der Waals surface area contributed by atoms with Gasteiger partial charge in [0.25, 0.3) is 0 Å². The Labute approximate surface area is 198 Å². The number of anilines is 1. The quantitative estimate of drug-likeness (QED) is 0.393. The number of urea groups is 1. The molecule has 0 unspecified atom stereocenters. The number of para-hydroxylation sites is 1. The minimum absolute atomic E-state index is 0.183. The number of hydrogen-bond donors (Lipinski definition) is 2. The zero-order chi connectivity index (χ0) is 22.7. The van der Waals surface area contributed by atoms with E-state index in [-0.39, 0.29) is 6.03 Å². The minimum Gasteiger partial charge on any atom is -0.493 e. The Bertz CT molecular complexity index is 988. The summed E-state index contributed by atoms with van der Waals surface area (Å²) in [6, 6.07) is 17.2. The van der Waals surface area contributed by atoms with Crippen LogP contribution in [0.3, 0.4) is 0 Å². The monoisotopic (exact) mass is 466 g/mol. The summed E-state index contributed by atoms with van der Waals surface area (Å²) in [7, 11) is 0. The lowest BCUT2D eigenvalue weighted by Crippen LogP contribution is -2.35. The second-order valence-corrected chi connectivity index (χ2v) is 8.94. The Hall–Kier alpha value is -2.97. The van der Waals surface area contributed by atoms with Gasteiger partial charge in [-0.25, -0.2) is 9.78 Å². The van der Waals surface area contributed by atoms with Crippen LogP contribution in [-0.2, 0) is 5.75 Å². The van der Waals surface area contributed by atoms with E-state index in [0.717, 1.165) is 42.4 Å². The van der Waals surface area contributed by atoms with Gasteiger partial charge in [0, 0.05) is 30.1 Å². The molecule has 0 radical (unpaired) electrons. The standard InChI is InChI=1S/C25H30N4O3S/c30-25(26-12-15-29-13-4-5-14-29)28-21-10-8-20(9-11-21)23-18-27-24(32-23)19-33-17-16-31-22-6-2-1-3-7-22/h1-3,6-11,18H,4-5,12-17,19H2,(H2,26,28,30). The molecule has 2 aromatic carbocycles. The molecule has 0 atom stereocenters. The third kappa shape index (κ3) is 7.54. The van der Waals surface area contributed by atoms with Gasteiger partial charge >= 0.3 is 6.03 Å². The maximum atomic E-state index is 12.1. The van der Waals surface area contributed by atoms with Gasteiger partial charge in [-0.3, -0.25) is 0 Å². The fraction of sp³-hybridized carbons (Fsp3) is 0.360. The van der Waals surface area contributed by atoms with Crippen molar-refractivity contribution in [1.29, 1.82) is 0 Å². The van der Waals surface area contributed by atoms with Gasteiger partial charge in [-0.1, -0.05) is 18.2 Å². The first kappa shape index (κ1) is 23.2. The van der Waals surface area contributed by atoms with Gasteiger partial charge in [-0.15, -0.1) is 11.8 Å². The molecule has 2 N–H and O–H groups in total. The molecule has 2 heterocycles. The summed E-state index contributed by atoms with van der Waals surface area (Å²) in [5.41, 5.74) is 1.66. The van der Waals surface area contributed by atoms with Crippen LogP contribution in [0.4, 0.5) is 10.5 Å². The van der Waals surface area contributed by atoms with Crippen LogP contribution in [0, 0.1) is 0 Å². The minimum atomic E-state index is -0.183. The van der Waals surface area contributed by atoms with E-state index in [4.69, 9.17) is 9.15 Å². The molecule has 1 aliphatic rings. The van der Waals surface area contributed by atoms with Crippen molar-refractivity contribution in [2.24, 2.45) is 0 Å². The van der Waals surface area contributed by atoms with Gasteiger partial charge in [0.05, 0.1) is 18.6 Å². The molecule has 1 saturated heterocycles. The number of aromatic nitrogens is 1. The molecule has 174 valence electrons. The molecular weight excluding hydrogens is 436 g/mol. The molecule has 0 aliphatic carbocycles. The van der Waals surface area contributed by atoms with Crippen molar-refractivity contribution in [2.45, 2.75) is 18.6 Å². The van der Waals surface area contributed by atoms with Gasteiger partial charge in [-0.05, 0) is 62.3 Å². The van der Waals surface area contributed by atoms with Gasteiger partial charge in [-0.2, -0.15) is 0 Å². The molecule has 1 fully saturated rings. The van der Waals surface area contributed by atoms with Crippen molar-refractivity contribution in [3.8, 4) is 17.1 Å². The number of thioether (sulfide) groups is 1. The van der Waals surface area contributed by atoms with Crippen molar-refractivity contribution in [1.82, 2.24) is 15.2 Å². The van der Waals surface area contributed by atoms with E-state index in [0.29, 0.717) is 30.6 Å². The number of benzene rings is 2. The molecular formula is C25H30N4O3S. The van der Waals surface area contributed by atoms with Crippen molar-refractivity contribution >= 4 is 23.5 Å². The molecule has 33 heavy (non-hydrogen) atoms. The molecule has 3 aromatic rings. The first-order valence-electron chi connectivity index (χ1n) is 11.3. The van der Waals surface area contributed by atoms with E-state index in [1.54, 1.807) is 18.0 Å². The van der Waals surface area contributed by atoms with Crippen LogP contribution in [-0.4, -0.2) is 54.5 Å². The summed E-state index contributed by atoms with van der Waals surface area (Å²) in [6.45, 7) is 4.47. The smallest absolute Gasteiger partial charge is 0.319 e. The number of rotatable bonds is 11. The third-order valence-electron chi connectivity index (χ3n) is 5.36. The van der Waals surface area contributed by atoms with E-state index < -0.39 is 0 Å². The second-order valence-electron chi connectivity index (χ2n) is 7.84. The van der Waals surface area contributed by atoms with Crippen molar-refractivity contribution in [2.75, 3.05) is 43.9 Å². The largest absolute Gasteiger partial charge is 0.493 e. The fourth-order valence-corrected chi connectivity index (χ4v) is 4.29. The van der Waals surface area contributed by atoms with Crippen LogP contribution in [0.25, 0.3) is 11.3 Å². The highest BCUT2D eigenvalue weighted by Gasteiger charge is 2.11. The number of ether oxygens (including phenoxy) is 1. The molecule has 4 rings (SSSR count). The lowest BCUT2D eigenvalue weighted by atomic mass is 10.2. The van der Waals surface area contributed by atoms with E-state index in [2.05, 4.69) is 20.5 Å². The van der Waals surface area contributed by atoms with E-state index >= 15 is 0 Å². The number of carbonyl (C=O) groups excluding carboxylic acids is 1. The number of hydrogen-bond acceptors (Lipinski definition) is 6. The van der Waals surface area contributed by atoms with Gasteiger partial charge in [0.15, 0.2) is 5.76 Å². The summed E-state index contributed by atoms with van der Waals surface area (Å²) in [5, 5.41) is 5.79. The number of nitrogens with zero attached hydrogens (tertiary/aromatic N) is 2. The van der Waals surface area contributed by atoms with Crippen molar-refractivity contribution in [3.63, 3.8) is 0 Å². The Morgan fingerprint density at radius 1 is 1.09 bits per heavy atom. The maximum absolute atomic E-state index is 12.1. The summed E-state index contributed by atoms with van der Waals surface area (Å²) in [5.74, 6) is 3.83. The molecule has 0 saturated carbocycles. The molecule has 0 spiro atoms. The van der Waals surface area contributed by atoms with Crippen LogP contribution in [0.1, 0.15) is 18.7 Å². The topological polar surface area (TPSA) is 79.6 Å². The molecule has 1 aliphatic heterocycles. The average Bonchev–Trinajstić information content (AvgIpc) is 3.53. The van der Waals surface area contributed by atoms with E-state index in [1.807, 2.05) is 54.6 Å². The highest BCUT2D eigenvalue weighted by Crippen LogP contribution is 2.24.